The van der Waals surface area contributed by atoms with E-state index in [0.717, 1.165) is 5.56 Å². The van der Waals surface area contributed by atoms with Crippen LogP contribution in [0.4, 0.5) is 0 Å². The Hall–Kier alpha value is -2.86. The quantitative estimate of drug-likeness (QED) is 0.603. The van der Waals surface area contributed by atoms with E-state index in [1.54, 1.807) is 0 Å². The molecule has 4 atom stereocenters. The normalized spacial score (nSPS) is 28.9. The van der Waals surface area contributed by atoms with Gasteiger partial charge in [-0.1, -0.05) is 105 Å². The highest BCUT2D eigenvalue weighted by atomic mass is 16.3. The van der Waals surface area contributed by atoms with Crippen LogP contribution in [0, 0.1) is 23.7 Å². The molecule has 3 aromatic carbocycles. The van der Waals surface area contributed by atoms with Crippen LogP contribution in [-0.2, 0) is 0 Å². The highest BCUT2D eigenvalue weighted by Gasteiger charge is 2.50. The number of nitrogens with one attached hydrogen (secondary N) is 1. The van der Waals surface area contributed by atoms with Gasteiger partial charge in [0.2, 0.25) is 0 Å². The topological polar surface area (TPSA) is 32.3 Å². The van der Waals surface area contributed by atoms with Crippen molar-refractivity contribution in [3.05, 3.63) is 108 Å². The fourth-order valence-corrected chi connectivity index (χ4v) is 4.42. The summed E-state index contributed by atoms with van der Waals surface area (Å²) in [4.78, 5) is 0. The Labute approximate surface area is 173 Å². The minimum absolute atomic E-state index is 0.00711. The van der Waals surface area contributed by atoms with Crippen LogP contribution in [0.5, 0.6) is 0 Å². The Morgan fingerprint density at radius 1 is 0.690 bits per heavy atom. The minimum atomic E-state index is -1.12. The van der Waals surface area contributed by atoms with Gasteiger partial charge in [0.25, 0.3) is 0 Å². The predicted molar refractivity (Wildman–Crippen MR) is 118 cm³/mol. The summed E-state index contributed by atoms with van der Waals surface area (Å²) in [6.45, 7) is 4.20. The molecule has 2 N–H and O–H groups in total. The second kappa shape index (κ2) is 8.25. The molecule has 4 rings (SSSR count). The lowest BCUT2D eigenvalue weighted by Gasteiger charge is -2.49. The molecule has 0 bridgehead atoms. The zero-order valence-electron chi connectivity index (χ0n) is 16.9. The van der Waals surface area contributed by atoms with Crippen molar-refractivity contribution in [1.29, 1.82) is 0 Å². The SMILES string of the molecule is CC1C(c2ccccc2)NC(c2ccccc2)C(C)C1(O)C#Cc1ccccc1. The van der Waals surface area contributed by atoms with Gasteiger partial charge in [-0.05, 0) is 23.3 Å². The Morgan fingerprint density at radius 2 is 1.10 bits per heavy atom. The van der Waals surface area contributed by atoms with Gasteiger partial charge < -0.3 is 10.4 Å². The first kappa shape index (κ1) is 19.5. The van der Waals surface area contributed by atoms with E-state index in [-0.39, 0.29) is 23.9 Å². The molecule has 146 valence electrons. The van der Waals surface area contributed by atoms with E-state index in [9.17, 15) is 5.11 Å². The minimum Gasteiger partial charge on any atom is -0.377 e. The number of hydrogen-bond acceptors (Lipinski definition) is 2. The first-order valence-electron chi connectivity index (χ1n) is 10.3. The third kappa shape index (κ3) is 3.85. The monoisotopic (exact) mass is 381 g/mol. The first-order chi connectivity index (χ1) is 14.1. The molecule has 0 aliphatic carbocycles. The number of benzene rings is 3. The molecule has 1 fully saturated rings. The first-order valence-corrected chi connectivity index (χ1v) is 10.3. The third-order valence-corrected chi connectivity index (χ3v) is 6.25. The molecule has 0 radical (unpaired) electrons. The molecule has 0 spiro atoms. The van der Waals surface area contributed by atoms with E-state index in [1.165, 1.54) is 11.1 Å². The van der Waals surface area contributed by atoms with Crippen LogP contribution >= 0.6 is 0 Å². The van der Waals surface area contributed by atoms with Crippen molar-refractivity contribution in [2.24, 2.45) is 11.8 Å². The van der Waals surface area contributed by atoms with E-state index >= 15 is 0 Å². The second-order valence-electron chi connectivity index (χ2n) is 7.96. The summed E-state index contributed by atoms with van der Waals surface area (Å²) in [6, 6.07) is 30.6. The second-order valence-corrected chi connectivity index (χ2v) is 7.96. The zero-order chi connectivity index (χ0) is 20.3. The maximum atomic E-state index is 11.9. The highest BCUT2D eigenvalue weighted by molar-refractivity contribution is 5.39. The molecule has 4 unspecified atom stereocenters. The van der Waals surface area contributed by atoms with Gasteiger partial charge in [0.1, 0.15) is 5.60 Å². The average molecular weight is 382 g/mol. The van der Waals surface area contributed by atoms with Gasteiger partial charge >= 0.3 is 0 Å². The number of hydrogen-bond donors (Lipinski definition) is 2. The molecular weight excluding hydrogens is 354 g/mol. The van der Waals surface area contributed by atoms with Crippen LogP contribution < -0.4 is 5.32 Å². The molecule has 0 saturated carbocycles. The van der Waals surface area contributed by atoms with Crippen LogP contribution in [0.25, 0.3) is 0 Å². The largest absolute Gasteiger partial charge is 0.377 e. The van der Waals surface area contributed by atoms with E-state index in [1.807, 2.05) is 66.7 Å². The standard InChI is InChI=1S/C27H27NO/c1-20-25(23-14-8-4-9-15-23)28-26(24-16-10-5-11-17-24)21(2)27(20,29)19-18-22-12-6-3-7-13-22/h3-17,20-21,25-26,28-29H,1-2H3. The van der Waals surface area contributed by atoms with Gasteiger partial charge in [-0.3, -0.25) is 0 Å². The van der Waals surface area contributed by atoms with E-state index in [0.29, 0.717) is 0 Å². The number of rotatable bonds is 2. The molecular formula is C27H27NO. The van der Waals surface area contributed by atoms with Gasteiger partial charge in [0, 0.05) is 29.5 Å². The molecule has 2 heteroatoms. The van der Waals surface area contributed by atoms with Crippen molar-refractivity contribution in [3.63, 3.8) is 0 Å². The van der Waals surface area contributed by atoms with E-state index in [4.69, 9.17) is 0 Å². The highest BCUT2D eigenvalue weighted by Crippen LogP contribution is 2.46. The fraction of sp³-hybridized carbons (Fsp3) is 0.259. The van der Waals surface area contributed by atoms with Crippen molar-refractivity contribution in [2.75, 3.05) is 0 Å². The summed E-state index contributed by atoms with van der Waals surface area (Å²) in [5.41, 5.74) is 2.15. The van der Waals surface area contributed by atoms with Gasteiger partial charge in [-0.15, -0.1) is 0 Å². The molecule has 29 heavy (non-hydrogen) atoms. The Balaban J connectivity index is 1.78. The van der Waals surface area contributed by atoms with Crippen LogP contribution in [0.1, 0.15) is 42.6 Å². The van der Waals surface area contributed by atoms with Crippen molar-refractivity contribution >= 4 is 0 Å². The van der Waals surface area contributed by atoms with Crippen molar-refractivity contribution in [3.8, 4) is 11.8 Å². The molecule has 0 amide bonds. The summed E-state index contributed by atoms with van der Waals surface area (Å²) in [6.07, 6.45) is 0. The summed E-state index contributed by atoms with van der Waals surface area (Å²) in [5.74, 6) is 6.36. The van der Waals surface area contributed by atoms with E-state index in [2.05, 4.69) is 55.3 Å². The van der Waals surface area contributed by atoms with Gasteiger partial charge in [0.15, 0.2) is 0 Å². The van der Waals surface area contributed by atoms with Crippen LogP contribution in [0.2, 0.25) is 0 Å². The molecule has 3 aromatic rings. The smallest absolute Gasteiger partial charge is 0.134 e. The van der Waals surface area contributed by atoms with Gasteiger partial charge in [-0.2, -0.15) is 0 Å². The molecule has 1 saturated heterocycles. The van der Waals surface area contributed by atoms with Crippen LogP contribution in [0.3, 0.4) is 0 Å². The Morgan fingerprint density at radius 3 is 1.55 bits per heavy atom. The molecule has 1 aliphatic rings. The number of aliphatic hydroxyl groups is 1. The molecule has 1 heterocycles. The maximum Gasteiger partial charge on any atom is 0.134 e. The molecule has 0 aromatic heterocycles. The molecule has 1 aliphatic heterocycles. The maximum absolute atomic E-state index is 11.9. The van der Waals surface area contributed by atoms with Crippen molar-refractivity contribution in [1.82, 2.24) is 5.32 Å². The molecule has 2 nitrogen and oxygen atoms in total. The lowest BCUT2D eigenvalue weighted by Crippen LogP contribution is -2.57. The summed E-state index contributed by atoms with van der Waals surface area (Å²) >= 11 is 0. The number of piperidine rings is 1. The van der Waals surface area contributed by atoms with Gasteiger partial charge in [0.05, 0.1) is 0 Å². The fourth-order valence-electron chi connectivity index (χ4n) is 4.42. The van der Waals surface area contributed by atoms with Crippen LogP contribution in [0.15, 0.2) is 91.0 Å². The van der Waals surface area contributed by atoms with Crippen LogP contribution in [-0.4, -0.2) is 10.7 Å². The summed E-state index contributed by atoms with van der Waals surface area (Å²) in [7, 11) is 0. The average Bonchev–Trinajstić information content (AvgIpc) is 2.78. The Kier molecular flexibility index (Phi) is 5.53. The predicted octanol–water partition coefficient (Wildman–Crippen LogP) is 5.13. The van der Waals surface area contributed by atoms with E-state index < -0.39 is 5.60 Å². The van der Waals surface area contributed by atoms with Crippen molar-refractivity contribution in [2.45, 2.75) is 31.5 Å². The lowest BCUT2D eigenvalue weighted by molar-refractivity contribution is -0.0646. The Bertz CT molecular complexity index is 937. The zero-order valence-corrected chi connectivity index (χ0v) is 16.9. The van der Waals surface area contributed by atoms with Crippen molar-refractivity contribution < 1.29 is 5.11 Å². The summed E-state index contributed by atoms with van der Waals surface area (Å²) in [5, 5.41) is 15.7. The lowest BCUT2D eigenvalue weighted by atomic mass is 9.66. The third-order valence-electron chi connectivity index (χ3n) is 6.25. The summed E-state index contributed by atoms with van der Waals surface area (Å²) < 4.78 is 0. The van der Waals surface area contributed by atoms with Gasteiger partial charge in [-0.25, -0.2) is 0 Å².